The van der Waals surface area contributed by atoms with Crippen molar-refractivity contribution in [3.63, 3.8) is 0 Å². The summed E-state index contributed by atoms with van der Waals surface area (Å²) in [6, 6.07) is 20.5. The molecule has 1 saturated heterocycles. The minimum atomic E-state index is 0.584. The highest BCUT2D eigenvalue weighted by atomic mass is 16.5. The van der Waals surface area contributed by atoms with Crippen LogP contribution in [0, 0.1) is 0 Å². The zero-order chi connectivity index (χ0) is 22.0. The van der Waals surface area contributed by atoms with Gasteiger partial charge >= 0.3 is 0 Å². The number of hydrogen-bond acceptors (Lipinski definition) is 5. The van der Waals surface area contributed by atoms with E-state index in [9.17, 15) is 0 Å². The van der Waals surface area contributed by atoms with E-state index in [1.54, 1.807) is 12.4 Å². The maximum Gasteiger partial charge on any atom is 0.225 e. The zero-order valence-corrected chi connectivity index (χ0v) is 18.5. The molecule has 2 heterocycles. The predicted octanol–water partition coefficient (Wildman–Crippen LogP) is 3.09. The Morgan fingerprint density at radius 3 is 2.28 bits per heavy atom. The van der Waals surface area contributed by atoms with Crippen LogP contribution in [0.1, 0.15) is 16.7 Å². The number of hydrogen-bond donors (Lipinski definition) is 1. The van der Waals surface area contributed by atoms with E-state index < -0.39 is 0 Å². The van der Waals surface area contributed by atoms with Crippen LogP contribution in [-0.2, 0) is 24.5 Å². The van der Waals surface area contributed by atoms with Gasteiger partial charge in [0.2, 0.25) is 5.95 Å². The molecule has 1 fully saturated rings. The molecule has 7 nitrogen and oxygen atoms in total. The third kappa shape index (κ3) is 5.82. The van der Waals surface area contributed by atoms with Gasteiger partial charge in [0, 0.05) is 52.2 Å². The lowest BCUT2D eigenvalue weighted by Gasteiger charge is -2.36. The quantitative estimate of drug-likeness (QED) is 0.459. The molecule has 1 aromatic heterocycles. The largest absolute Gasteiger partial charge is 0.372 e. The summed E-state index contributed by atoms with van der Waals surface area (Å²) in [4.78, 5) is 17.7. The van der Waals surface area contributed by atoms with Gasteiger partial charge in [-0.15, -0.1) is 0 Å². The van der Waals surface area contributed by atoms with Crippen molar-refractivity contribution in [3.05, 3.63) is 89.7 Å². The molecule has 4 rings (SSSR count). The molecule has 0 atom stereocenters. The molecule has 1 N–H and O–H groups in total. The molecule has 0 saturated carbocycles. The minimum absolute atomic E-state index is 0.584. The molecule has 1 aliphatic rings. The SMILES string of the molecule is CN=C(NCc1ccccc1COCc1ccccc1)N1CCN(c2ncccn2)CC1. The van der Waals surface area contributed by atoms with Crippen LogP contribution >= 0.6 is 0 Å². The Morgan fingerprint density at radius 1 is 0.875 bits per heavy atom. The summed E-state index contributed by atoms with van der Waals surface area (Å²) < 4.78 is 5.96. The van der Waals surface area contributed by atoms with Crippen molar-refractivity contribution in [1.29, 1.82) is 0 Å². The molecule has 2 aromatic carbocycles. The number of piperazine rings is 1. The van der Waals surface area contributed by atoms with Crippen LogP contribution in [0.4, 0.5) is 5.95 Å². The van der Waals surface area contributed by atoms with Gasteiger partial charge in [0.05, 0.1) is 13.2 Å². The normalized spacial score (nSPS) is 14.5. The van der Waals surface area contributed by atoms with Crippen LogP contribution in [0.2, 0.25) is 0 Å². The topological polar surface area (TPSA) is 65.9 Å². The highest BCUT2D eigenvalue weighted by Gasteiger charge is 2.21. The van der Waals surface area contributed by atoms with Gasteiger partial charge in [0.15, 0.2) is 5.96 Å². The standard InChI is InChI=1S/C25H30N6O/c1-26-24(30-14-16-31(17-15-30)25-27-12-7-13-28-25)29-18-22-10-5-6-11-23(22)20-32-19-21-8-3-2-4-9-21/h2-13H,14-20H2,1H3,(H,26,29). The molecule has 166 valence electrons. The fourth-order valence-corrected chi connectivity index (χ4v) is 3.80. The molecule has 32 heavy (non-hydrogen) atoms. The van der Waals surface area contributed by atoms with E-state index in [2.05, 4.69) is 66.5 Å². The first-order valence-electron chi connectivity index (χ1n) is 11.0. The van der Waals surface area contributed by atoms with Gasteiger partial charge in [-0.3, -0.25) is 4.99 Å². The average Bonchev–Trinajstić information content (AvgIpc) is 2.87. The number of anilines is 1. The number of rotatable bonds is 7. The molecule has 3 aromatic rings. The van der Waals surface area contributed by atoms with Gasteiger partial charge in [-0.05, 0) is 22.8 Å². The van der Waals surface area contributed by atoms with Crippen LogP contribution in [0.3, 0.4) is 0 Å². The number of aromatic nitrogens is 2. The van der Waals surface area contributed by atoms with E-state index in [-0.39, 0.29) is 0 Å². The van der Waals surface area contributed by atoms with E-state index in [0.29, 0.717) is 19.8 Å². The Balaban J connectivity index is 1.29. The summed E-state index contributed by atoms with van der Waals surface area (Å²) in [5.74, 6) is 1.71. The van der Waals surface area contributed by atoms with E-state index in [0.717, 1.165) is 38.1 Å². The second kappa shape index (κ2) is 11.2. The molecule has 0 unspecified atom stereocenters. The highest BCUT2D eigenvalue weighted by molar-refractivity contribution is 5.80. The van der Waals surface area contributed by atoms with E-state index in [1.807, 2.05) is 31.3 Å². The summed E-state index contributed by atoms with van der Waals surface area (Å²) in [6.07, 6.45) is 3.58. The lowest BCUT2D eigenvalue weighted by atomic mass is 10.1. The second-order valence-electron chi connectivity index (χ2n) is 7.67. The van der Waals surface area contributed by atoms with Crippen LogP contribution < -0.4 is 10.2 Å². The first-order valence-corrected chi connectivity index (χ1v) is 11.0. The van der Waals surface area contributed by atoms with Crippen molar-refractivity contribution in [3.8, 4) is 0 Å². The molecule has 0 bridgehead atoms. The van der Waals surface area contributed by atoms with Crippen molar-refractivity contribution in [1.82, 2.24) is 20.2 Å². The van der Waals surface area contributed by atoms with Crippen molar-refractivity contribution < 1.29 is 4.74 Å². The van der Waals surface area contributed by atoms with Gasteiger partial charge in [-0.2, -0.15) is 0 Å². The van der Waals surface area contributed by atoms with E-state index in [4.69, 9.17) is 4.74 Å². The first kappa shape index (κ1) is 21.8. The predicted molar refractivity (Wildman–Crippen MR) is 127 cm³/mol. The zero-order valence-electron chi connectivity index (χ0n) is 18.5. The average molecular weight is 431 g/mol. The van der Waals surface area contributed by atoms with Gasteiger partial charge in [0.1, 0.15) is 0 Å². The van der Waals surface area contributed by atoms with Crippen LogP contribution in [0.15, 0.2) is 78.0 Å². The van der Waals surface area contributed by atoms with E-state index >= 15 is 0 Å². The number of benzene rings is 2. The van der Waals surface area contributed by atoms with Crippen molar-refractivity contribution >= 4 is 11.9 Å². The number of aliphatic imine (C=N–C) groups is 1. The molecule has 0 radical (unpaired) electrons. The first-order chi connectivity index (χ1) is 15.8. The Bertz CT molecular complexity index is 988. The van der Waals surface area contributed by atoms with Crippen molar-refractivity contribution in [2.75, 3.05) is 38.1 Å². The third-order valence-corrected chi connectivity index (χ3v) is 5.55. The summed E-state index contributed by atoms with van der Waals surface area (Å²) in [6.45, 7) is 5.39. The highest BCUT2D eigenvalue weighted by Crippen LogP contribution is 2.13. The van der Waals surface area contributed by atoms with Gasteiger partial charge in [0.25, 0.3) is 0 Å². The molecular weight excluding hydrogens is 400 g/mol. The van der Waals surface area contributed by atoms with Crippen LogP contribution in [0.25, 0.3) is 0 Å². The number of ether oxygens (including phenoxy) is 1. The summed E-state index contributed by atoms with van der Waals surface area (Å²) in [7, 11) is 1.84. The fourth-order valence-electron chi connectivity index (χ4n) is 3.80. The lowest BCUT2D eigenvalue weighted by Crippen LogP contribution is -2.52. The second-order valence-corrected chi connectivity index (χ2v) is 7.67. The monoisotopic (exact) mass is 430 g/mol. The molecule has 1 aliphatic heterocycles. The molecule has 7 heteroatoms. The number of nitrogens with one attached hydrogen (secondary N) is 1. The number of nitrogens with zero attached hydrogens (tertiary/aromatic N) is 5. The molecule has 0 amide bonds. The Kier molecular flexibility index (Phi) is 7.65. The summed E-state index contributed by atoms with van der Waals surface area (Å²) in [5.41, 5.74) is 3.60. The lowest BCUT2D eigenvalue weighted by molar-refractivity contribution is 0.106. The number of guanidine groups is 1. The Labute approximate surface area is 189 Å². The maximum atomic E-state index is 5.96. The minimum Gasteiger partial charge on any atom is -0.372 e. The fraction of sp³-hybridized carbons (Fsp3) is 0.320. The van der Waals surface area contributed by atoms with Crippen molar-refractivity contribution in [2.24, 2.45) is 4.99 Å². The smallest absolute Gasteiger partial charge is 0.225 e. The van der Waals surface area contributed by atoms with Crippen LogP contribution in [0.5, 0.6) is 0 Å². The van der Waals surface area contributed by atoms with Gasteiger partial charge in [-0.1, -0.05) is 54.6 Å². The van der Waals surface area contributed by atoms with E-state index in [1.165, 1.54) is 16.7 Å². The Hall–Kier alpha value is -3.45. The third-order valence-electron chi connectivity index (χ3n) is 5.55. The maximum absolute atomic E-state index is 5.96. The molecular formula is C25H30N6O. The molecule has 0 spiro atoms. The van der Waals surface area contributed by atoms with Crippen LogP contribution in [-0.4, -0.2) is 54.1 Å². The van der Waals surface area contributed by atoms with Crippen molar-refractivity contribution in [2.45, 2.75) is 19.8 Å². The van der Waals surface area contributed by atoms with Gasteiger partial charge < -0.3 is 19.9 Å². The summed E-state index contributed by atoms with van der Waals surface area (Å²) in [5, 5.41) is 3.53. The Morgan fingerprint density at radius 2 is 1.56 bits per heavy atom. The summed E-state index contributed by atoms with van der Waals surface area (Å²) >= 11 is 0. The van der Waals surface area contributed by atoms with Gasteiger partial charge in [-0.25, -0.2) is 9.97 Å². The molecule has 0 aliphatic carbocycles.